The van der Waals surface area contributed by atoms with Crippen molar-refractivity contribution >= 4 is 20.9 Å². The van der Waals surface area contributed by atoms with Gasteiger partial charge in [0.1, 0.15) is 11.3 Å². The minimum atomic E-state index is -3.10. The van der Waals surface area contributed by atoms with Crippen LogP contribution in [0, 0.1) is 5.92 Å². The quantitative estimate of drug-likeness (QED) is 0.570. The van der Waals surface area contributed by atoms with Crippen molar-refractivity contribution in [2.24, 2.45) is 5.92 Å². The fraction of sp³-hybridized carbons (Fsp3) is 0.400. The molecule has 0 atom stereocenters. The number of hydrogen-bond donors (Lipinski definition) is 0. The molecule has 2 aliphatic rings. The number of ether oxygens (including phenoxy) is 1. The molecule has 0 spiro atoms. The lowest BCUT2D eigenvalue weighted by atomic mass is 9.99. The number of benzene rings is 2. The van der Waals surface area contributed by atoms with Crippen LogP contribution in [0.25, 0.3) is 10.9 Å². The molecule has 6 nitrogen and oxygen atoms in total. The average molecular weight is 452 g/mol. The zero-order valence-corrected chi connectivity index (χ0v) is 19.2. The molecule has 32 heavy (non-hydrogen) atoms. The normalized spacial score (nSPS) is 18.2. The molecule has 0 N–H and O–H groups in total. The van der Waals surface area contributed by atoms with Gasteiger partial charge in [-0.1, -0.05) is 36.4 Å². The van der Waals surface area contributed by atoms with Gasteiger partial charge in [0, 0.05) is 44.3 Å². The van der Waals surface area contributed by atoms with Crippen molar-refractivity contribution in [3.05, 3.63) is 71.4 Å². The maximum Gasteiger partial charge on any atom is 0.211 e. The molecule has 0 unspecified atom stereocenters. The van der Waals surface area contributed by atoms with E-state index in [1.807, 2.05) is 18.3 Å². The molecule has 2 aromatic carbocycles. The summed E-state index contributed by atoms with van der Waals surface area (Å²) >= 11 is 0. The van der Waals surface area contributed by atoms with Crippen LogP contribution in [0.2, 0.25) is 0 Å². The number of sulfonamides is 1. The number of piperidine rings is 1. The van der Waals surface area contributed by atoms with E-state index in [1.54, 1.807) is 4.31 Å². The Morgan fingerprint density at radius 3 is 2.41 bits per heavy atom. The van der Waals surface area contributed by atoms with E-state index in [1.165, 1.54) is 22.9 Å². The first-order valence-corrected chi connectivity index (χ1v) is 13.1. The van der Waals surface area contributed by atoms with Crippen LogP contribution < -0.4 is 4.74 Å². The van der Waals surface area contributed by atoms with E-state index in [0.29, 0.717) is 25.6 Å². The monoisotopic (exact) mass is 451 g/mol. The molecule has 1 saturated heterocycles. The van der Waals surface area contributed by atoms with Crippen molar-refractivity contribution in [3.8, 4) is 5.75 Å². The van der Waals surface area contributed by atoms with Crippen LogP contribution in [-0.2, 0) is 29.7 Å². The molecule has 168 valence electrons. The smallest absolute Gasteiger partial charge is 0.211 e. The first kappa shape index (κ1) is 21.4. The molecule has 2 aliphatic heterocycles. The van der Waals surface area contributed by atoms with Crippen LogP contribution in [0.1, 0.15) is 29.5 Å². The fourth-order valence-corrected chi connectivity index (χ4v) is 5.71. The maximum absolute atomic E-state index is 11.7. The number of aromatic nitrogens is 1. The highest BCUT2D eigenvalue weighted by molar-refractivity contribution is 7.88. The zero-order chi connectivity index (χ0) is 22.1. The Labute approximate surface area is 189 Å². The van der Waals surface area contributed by atoms with Gasteiger partial charge in [0.15, 0.2) is 0 Å². The van der Waals surface area contributed by atoms with Gasteiger partial charge in [0.2, 0.25) is 10.0 Å². The standard InChI is InChI=1S/C25H29N3O3S/c1-32(29,30)28-13-10-19(11-14-28)18-31-24-9-8-22(23-7-4-12-26-25(23)24)17-27-15-20-5-2-3-6-21(20)16-27/h2-9,12,19H,10-11,13-18H2,1H3. The number of hydrogen-bond acceptors (Lipinski definition) is 5. The summed E-state index contributed by atoms with van der Waals surface area (Å²) in [5, 5.41) is 1.13. The summed E-state index contributed by atoms with van der Waals surface area (Å²) in [6.07, 6.45) is 4.75. The summed E-state index contributed by atoms with van der Waals surface area (Å²) in [7, 11) is -3.10. The van der Waals surface area contributed by atoms with Gasteiger partial charge in [0.25, 0.3) is 0 Å². The van der Waals surface area contributed by atoms with Crippen molar-refractivity contribution in [2.75, 3.05) is 26.0 Å². The third-order valence-electron chi connectivity index (χ3n) is 6.64. The third-order valence-corrected chi connectivity index (χ3v) is 7.94. The highest BCUT2D eigenvalue weighted by atomic mass is 32.2. The molecule has 7 heteroatoms. The summed E-state index contributed by atoms with van der Waals surface area (Å²) < 4.78 is 31.2. The molecule has 0 saturated carbocycles. The predicted molar refractivity (Wildman–Crippen MR) is 126 cm³/mol. The number of nitrogens with zero attached hydrogens (tertiary/aromatic N) is 3. The van der Waals surface area contributed by atoms with Gasteiger partial charge in [-0.25, -0.2) is 12.7 Å². The lowest BCUT2D eigenvalue weighted by molar-refractivity contribution is 0.187. The molecule has 0 bridgehead atoms. The van der Waals surface area contributed by atoms with Crippen LogP contribution in [-0.4, -0.2) is 48.6 Å². The van der Waals surface area contributed by atoms with Gasteiger partial charge in [0.05, 0.1) is 12.9 Å². The van der Waals surface area contributed by atoms with Crippen LogP contribution in [0.15, 0.2) is 54.7 Å². The Hall–Kier alpha value is -2.48. The Balaban J connectivity index is 1.27. The zero-order valence-electron chi connectivity index (χ0n) is 18.4. The molecule has 3 aromatic rings. The molecule has 0 radical (unpaired) electrons. The van der Waals surface area contributed by atoms with Gasteiger partial charge in [-0.15, -0.1) is 0 Å². The molecule has 0 aliphatic carbocycles. The van der Waals surface area contributed by atoms with Gasteiger partial charge < -0.3 is 4.74 Å². The molecule has 1 fully saturated rings. The van der Waals surface area contributed by atoms with Gasteiger partial charge in [-0.3, -0.25) is 9.88 Å². The maximum atomic E-state index is 11.7. The predicted octanol–water partition coefficient (Wildman–Crippen LogP) is 3.80. The molecular weight excluding hydrogens is 422 g/mol. The second-order valence-electron chi connectivity index (χ2n) is 8.95. The van der Waals surface area contributed by atoms with Crippen LogP contribution in [0.4, 0.5) is 0 Å². The highest BCUT2D eigenvalue weighted by Crippen LogP contribution is 2.31. The number of fused-ring (bicyclic) bond motifs is 2. The van der Waals surface area contributed by atoms with Crippen LogP contribution >= 0.6 is 0 Å². The Morgan fingerprint density at radius 1 is 1.00 bits per heavy atom. The van der Waals surface area contributed by atoms with Gasteiger partial charge >= 0.3 is 0 Å². The average Bonchev–Trinajstić information content (AvgIpc) is 3.21. The van der Waals surface area contributed by atoms with Crippen molar-refractivity contribution in [2.45, 2.75) is 32.5 Å². The molecule has 5 rings (SSSR count). The Kier molecular flexibility index (Phi) is 5.88. The van der Waals surface area contributed by atoms with Crippen molar-refractivity contribution in [1.29, 1.82) is 0 Å². The van der Waals surface area contributed by atoms with Crippen LogP contribution in [0.5, 0.6) is 5.75 Å². The number of rotatable bonds is 6. The number of pyridine rings is 1. The van der Waals surface area contributed by atoms with E-state index >= 15 is 0 Å². The second kappa shape index (κ2) is 8.81. The first-order chi connectivity index (χ1) is 15.5. The Morgan fingerprint density at radius 2 is 1.72 bits per heavy atom. The van der Waals surface area contributed by atoms with E-state index in [2.05, 4.69) is 46.3 Å². The lowest BCUT2D eigenvalue weighted by Crippen LogP contribution is -2.39. The SMILES string of the molecule is CS(=O)(=O)N1CCC(COc2ccc(CN3Cc4ccccc4C3)c3cccnc23)CC1. The van der Waals surface area contributed by atoms with E-state index in [4.69, 9.17) is 4.74 Å². The van der Waals surface area contributed by atoms with Crippen molar-refractivity contribution in [3.63, 3.8) is 0 Å². The Bertz CT molecular complexity index is 1200. The van der Waals surface area contributed by atoms with E-state index in [-0.39, 0.29) is 0 Å². The van der Waals surface area contributed by atoms with Gasteiger partial charge in [-0.2, -0.15) is 0 Å². The van der Waals surface area contributed by atoms with Gasteiger partial charge in [-0.05, 0) is 47.6 Å². The summed E-state index contributed by atoms with van der Waals surface area (Å²) in [6, 6.07) is 17.0. The molecular formula is C25H29N3O3S. The minimum Gasteiger partial charge on any atom is -0.491 e. The lowest BCUT2D eigenvalue weighted by Gasteiger charge is -2.30. The molecule has 3 heterocycles. The second-order valence-corrected chi connectivity index (χ2v) is 10.9. The third kappa shape index (κ3) is 4.51. The molecule has 1 aromatic heterocycles. The fourth-order valence-electron chi connectivity index (χ4n) is 4.83. The van der Waals surface area contributed by atoms with E-state index in [9.17, 15) is 8.42 Å². The molecule has 0 amide bonds. The topological polar surface area (TPSA) is 62.7 Å². The van der Waals surface area contributed by atoms with Crippen molar-refractivity contribution < 1.29 is 13.2 Å². The minimum absolute atomic E-state index is 0.356. The van der Waals surface area contributed by atoms with Crippen molar-refractivity contribution in [1.82, 2.24) is 14.2 Å². The van der Waals surface area contributed by atoms with E-state index in [0.717, 1.165) is 49.1 Å². The summed E-state index contributed by atoms with van der Waals surface area (Å²) in [4.78, 5) is 7.09. The summed E-state index contributed by atoms with van der Waals surface area (Å²) in [6.45, 7) is 4.56. The summed E-state index contributed by atoms with van der Waals surface area (Å²) in [5.74, 6) is 1.16. The van der Waals surface area contributed by atoms with E-state index < -0.39 is 10.0 Å². The first-order valence-electron chi connectivity index (χ1n) is 11.2. The highest BCUT2D eigenvalue weighted by Gasteiger charge is 2.25. The summed E-state index contributed by atoms with van der Waals surface area (Å²) in [5.41, 5.74) is 4.98. The largest absolute Gasteiger partial charge is 0.491 e. The van der Waals surface area contributed by atoms with Crippen LogP contribution in [0.3, 0.4) is 0 Å².